The van der Waals surface area contributed by atoms with E-state index in [1.807, 2.05) is 0 Å². The molecule has 1 N–H and O–H groups in total. The highest BCUT2D eigenvalue weighted by atomic mass is 16.5. The number of Topliss-reactive ketones (excluding diaryl/α,β-unsaturated/α-hetero) is 1. The summed E-state index contributed by atoms with van der Waals surface area (Å²) >= 11 is 0. The average molecular weight is 420 g/mol. The SMILES string of the molecule is COc1ccc([C@H]2/C(=C(\O)c3cccc(OC)c3)C(=O)C(=O)N2c2cc(C)on2)cc1. The second kappa shape index (κ2) is 7.98. The van der Waals surface area contributed by atoms with E-state index in [0.29, 0.717) is 28.4 Å². The van der Waals surface area contributed by atoms with Crippen molar-refractivity contribution in [1.29, 1.82) is 0 Å². The molecule has 2 heterocycles. The van der Waals surface area contributed by atoms with E-state index < -0.39 is 17.7 Å². The van der Waals surface area contributed by atoms with Crippen molar-refractivity contribution in [2.75, 3.05) is 19.1 Å². The zero-order chi connectivity index (χ0) is 22.1. The standard InChI is InChI=1S/C23H20N2O6/c1-13-11-18(24-31-13)25-20(14-7-9-16(29-2)10-8-14)19(22(27)23(25)28)21(26)15-5-4-6-17(12-15)30-3/h4-12,20,26H,1-3H3/b21-19+/t20-/m0/s1. The molecule has 0 bridgehead atoms. The van der Waals surface area contributed by atoms with Crippen molar-refractivity contribution in [2.24, 2.45) is 0 Å². The summed E-state index contributed by atoms with van der Waals surface area (Å²) < 4.78 is 15.5. The van der Waals surface area contributed by atoms with E-state index in [2.05, 4.69) is 5.16 Å². The van der Waals surface area contributed by atoms with Gasteiger partial charge in [-0.05, 0) is 36.8 Å². The molecule has 0 unspecified atom stereocenters. The minimum Gasteiger partial charge on any atom is -0.507 e. The molecule has 4 rings (SSSR count). The molecule has 158 valence electrons. The number of rotatable bonds is 5. The average Bonchev–Trinajstić information content (AvgIpc) is 3.34. The first kappa shape index (κ1) is 20.2. The van der Waals surface area contributed by atoms with Gasteiger partial charge in [-0.25, -0.2) is 0 Å². The second-order valence-corrected chi connectivity index (χ2v) is 6.97. The second-order valence-electron chi connectivity index (χ2n) is 6.97. The molecule has 1 fully saturated rings. The van der Waals surface area contributed by atoms with Crippen molar-refractivity contribution in [3.8, 4) is 11.5 Å². The summed E-state index contributed by atoms with van der Waals surface area (Å²) in [5, 5.41) is 15.0. The van der Waals surface area contributed by atoms with Crippen LogP contribution in [0, 0.1) is 6.92 Å². The number of methoxy groups -OCH3 is 2. The van der Waals surface area contributed by atoms with Gasteiger partial charge in [0.05, 0.1) is 25.8 Å². The maximum Gasteiger partial charge on any atom is 0.301 e. The molecule has 1 atom stereocenters. The Morgan fingerprint density at radius 3 is 2.35 bits per heavy atom. The van der Waals surface area contributed by atoms with Crippen LogP contribution in [0.1, 0.15) is 22.9 Å². The van der Waals surface area contributed by atoms with Crippen LogP contribution in [-0.4, -0.2) is 36.2 Å². The van der Waals surface area contributed by atoms with Crippen molar-refractivity contribution in [3.05, 3.63) is 77.1 Å². The molecule has 0 radical (unpaired) electrons. The molecule has 1 aliphatic rings. The molecule has 2 aromatic carbocycles. The van der Waals surface area contributed by atoms with E-state index in [0.717, 1.165) is 0 Å². The predicted molar refractivity (Wildman–Crippen MR) is 112 cm³/mol. The van der Waals surface area contributed by atoms with Crippen molar-refractivity contribution in [1.82, 2.24) is 5.16 Å². The van der Waals surface area contributed by atoms with Crippen LogP contribution in [0.4, 0.5) is 5.82 Å². The first-order valence-corrected chi connectivity index (χ1v) is 9.47. The number of hydrogen-bond acceptors (Lipinski definition) is 7. The van der Waals surface area contributed by atoms with E-state index in [4.69, 9.17) is 14.0 Å². The van der Waals surface area contributed by atoms with Gasteiger partial charge in [0.25, 0.3) is 5.78 Å². The Morgan fingerprint density at radius 2 is 1.74 bits per heavy atom. The van der Waals surface area contributed by atoms with Gasteiger partial charge in [0.1, 0.15) is 23.0 Å². The van der Waals surface area contributed by atoms with Gasteiger partial charge in [-0.2, -0.15) is 0 Å². The molecule has 31 heavy (non-hydrogen) atoms. The first-order valence-electron chi connectivity index (χ1n) is 9.47. The Morgan fingerprint density at radius 1 is 1.03 bits per heavy atom. The molecule has 1 saturated heterocycles. The number of carbonyl (C=O) groups is 2. The van der Waals surface area contributed by atoms with Crippen LogP contribution in [0.25, 0.3) is 5.76 Å². The van der Waals surface area contributed by atoms with E-state index in [-0.39, 0.29) is 17.2 Å². The van der Waals surface area contributed by atoms with Crippen LogP contribution < -0.4 is 14.4 Å². The zero-order valence-electron chi connectivity index (χ0n) is 17.2. The molecule has 1 aromatic heterocycles. The third kappa shape index (κ3) is 3.52. The summed E-state index contributed by atoms with van der Waals surface area (Å²) in [6.45, 7) is 1.69. The van der Waals surface area contributed by atoms with Crippen molar-refractivity contribution in [2.45, 2.75) is 13.0 Å². The third-order valence-electron chi connectivity index (χ3n) is 5.08. The maximum absolute atomic E-state index is 13.0. The number of aliphatic hydroxyl groups is 1. The van der Waals surface area contributed by atoms with Gasteiger partial charge in [-0.1, -0.05) is 29.4 Å². The van der Waals surface area contributed by atoms with Crippen LogP contribution in [0.2, 0.25) is 0 Å². The van der Waals surface area contributed by atoms with Gasteiger partial charge < -0.3 is 19.1 Å². The van der Waals surface area contributed by atoms with Crippen LogP contribution in [-0.2, 0) is 9.59 Å². The lowest BCUT2D eigenvalue weighted by Gasteiger charge is -2.23. The monoisotopic (exact) mass is 420 g/mol. The van der Waals surface area contributed by atoms with Crippen molar-refractivity contribution >= 4 is 23.3 Å². The molecule has 0 saturated carbocycles. The molecular formula is C23H20N2O6. The summed E-state index contributed by atoms with van der Waals surface area (Å²) in [5.41, 5.74) is 0.904. The number of ether oxygens (including phenoxy) is 2. The number of carbonyl (C=O) groups excluding carboxylic acids is 2. The first-order chi connectivity index (χ1) is 14.9. The number of aromatic nitrogens is 1. The Balaban J connectivity index is 1.92. The van der Waals surface area contributed by atoms with Crippen molar-refractivity contribution in [3.63, 3.8) is 0 Å². The third-order valence-corrected chi connectivity index (χ3v) is 5.08. The number of nitrogens with zero attached hydrogens (tertiary/aromatic N) is 2. The summed E-state index contributed by atoms with van der Waals surface area (Å²) in [7, 11) is 3.05. The molecule has 1 aliphatic heterocycles. The number of amides is 1. The largest absolute Gasteiger partial charge is 0.507 e. The maximum atomic E-state index is 13.0. The van der Waals surface area contributed by atoms with Gasteiger partial charge >= 0.3 is 5.91 Å². The number of ketones is 1. The van der Waals surface area contributed by atoms with Gasteiger partial charge in [-0.15, -0.1) is 0 Å². The molecular weight excluding hydrogens is 400 g/mol. The van der Waals surface area contributed by atoms with E-state index >= 15 is 0 Å². The van der Waals surface area contributed by atoms with Gasteiger partial charge in [0.2, 0.25) is 0 Å². The van der Waals surface area contributed by atoms with Crippen molar-refractivity contribution < 1.29 is 28.7 Å². The number of aryl methyl sites for hydroxylation is 1. The van der Waals surface area contributed by atoms with Crippen LogP contribution in [0.15, 0.2) is 64.7 Å². The van der Waals surface area contributed by atoms with Gasteiger partial charge in [0, 0.05) is 11.6 Å². The van der Waals surface area contributed by atoms with Crippen LogP contribution in [0.3, 0.4) is 0 Å². The molecule has 0 aliphatic carbocycles. The fourth-order valence-corrected chi connectivity index (χ4v) is 3.56. The van der Waals surface area contributed by atoms with Crippen LogP contribution >= 0.6 is 0 Å². The lowest BCUT2D eigenvalue weighted by atomic mass is 9.95. The predicted octanol–water partition coefficient (Wildman–Crippen LogP) is 3.63. The molecule has 1 amide bonds. The minimum atomic E-state index is -0.901. The summed E-state index contributed by atoms with van der Waals surface area (Å²) in [6.07, 6.45) is 0. The van der Waals surface area contributed by atoms with E-state index in [1.165, 1.54) is 12.0 Å². The number of anilines is 1. The molecule has 8 nitrogen and oxygen atoms in total. The fraction of sp³-hybridized carbons (Fsp3) is 0.174. The quantitative estimate of drug-likeness (QED) is 0.382. The fourth-order valence-electron chi connectivity index (χ4n) is 3.56. The Bertz CT molecular complexity index is 1180. The Hall–Kier alpha value is -4.07. The highest BCUT2D eigenvalue weighted by molar-refractivity contribution is 6.51. The minimum absolute atomic E-state index is 0.0518. The van der Waals surface area contributed by atoms with Gasteiger partial charge in [-0.3, -0.25) is 14.5 Å². The molecule has 8 heteroatoms. The molecule has 3 aromatic rings. The van der Waals surface area contributed by atoms with E-state index in [9.17, 15) is 14.7 Å². The summed E-state index contributed by atoms with van der Waals surface area (Å²) in [4.78, 5) is 27.3. The zero-order valence-corrected chi connectivity index (χ0v) is 17.2. The smallest absolute Gasteiger partial charge is 0.301 e. The number of hydrogen-bond donors (Lipinski definition) is 1. The Labute approximate surface area is 178 Å². The highest BCUT2D eigenvalue weighted by Gasteiger charge is 2.48. The summed E-state index contributed by atoms with van der Waals surface area (Å²) in [6, 6.07) is 14.2. The lowest BCUT2D eigenvalue weighted by molar-refractivity contribution is -0.132. The summed E-state index contributed by atoms with van der Waals surface area (Å²) in [5.74, 6) is -0.137. The number of aliphatic hydroxyl groups excluding tert-OH is 1. The normalized spacial score (nSPS) is 17.8. The highest BCUT2D eigenvalue weighted by Crippen LogP contribution is 2.42. The molecule has 0 spiro atoms. The Kier molecular flexibility index (Phi) is 5.21. The lowest BCUT2D eigenvalue weighted by Crippen LogP contribution is -2.29. The van der Waals surface area contributed by atoms with Gasteiger partial charge in [0.15, 0.2) is 5.82 Å². The number of benzene rings is 2. The van der Waals surface area contributed by atoms with E-state index in [1.54, 1.807) is 68.6 Å². The van der Waals surface area contributed by atoms with Crippen LogP contribution in [0.5, 0.6) is 11.5 Å². The topological polar surface area (TPSA) is 102 Å².